The summed E-state index contributed by atoms with van der Waals surface area (Å²) in [4.78, 5) is 33.4. The number of allylic oxidation sites excluding steroid dienone is 1. The summed E-state index contributed by atoms with van der Waals surface area (Å²) < 4.78 is 4.87. The molecule has 6 nitrogen and oxygen atoms in total. The fourth-order valence-corrected chi connectivity index (χ4v) is 5.82. The second-order valence-corrected chi connectivity index (χ2v) is 12.2. The molecule has 0 saturated heterocycles. The predicted octanol–water partition coefficient (Wildman–Crippen LogP) is 7.37. The molecule has 1 N–H and O–H groups in total. The number of aliphatic imine (C=N–C) groups is 1. The van der Waals surface area contributed by atoms with Crippen LogP contribution in [0.5, 0.6) is 5.75 Å². The van der Waals surface area contributed by atoms with E-state index in [4.69, 9.17) is 32.9 Å². The van der Waals surface area contributed by atoms with Gasteiger partial charge in [-0.1, -0.05) is 75.2 Å². The summed E-state index contributed by atoms with van der Waals surface area (Å²) >= 11 is 12.5. The molecule has 1 aliphatic carbocycles. The molecular weight excluding hydrogens is 523 g/mol. The first-order valence-corrected chi connectivity index (χ1v) is 13.6. The summed E-state index contributed by atoms with van der Waals surface area (Å²) in [5.41, 5.74) is 1.17. The fourth-order valence-electron chi connectivity index (χ4n) is 5.36. The summed E-state index contributed by atoms with van der Waals surface area (Å²) in [6.45, 7) is 8.64. The van der Waals surface area contributed by atoms with Gasteiger partial charge >= 0.3 is 5.97 Å². The van der Waals surface area contributed by atoms with Crippen molar-refractivity contribution in [1.82, 2.24) is 4.90 Å². The summed E-state index contributed by atoms with van der Waals surface area (Å²) in [5, 5.41) is 10.5. The minimum atomic E-state index is -0.803. The van der Waals surface area contributed by atoms with Gasteiger partial charge in [0.1, 0.15) is 11.4 Å². The number of hydrogen-bond acceptors (Lipinski definition) is 5. The van der Waals surface area contributed by atoms with Gasteiger partial charge in [-0.3, -0.25) is 9.79 Å². The molecule has 2 unspecified atom stereocenters. The lowest BCUT2D eigenvalue weighted by Gasteiger charge is -2.44. The molecule has 1 spiro atoms. The Morgan fingerprint density at radius 1 is 1.21 bits per heavy atom. The molecule has 3 atom stereocenters. The van der Waals surface area contributed by atoms with Gasteiger partial charge in [-0.25, -0.2) is 4.79 Å². The highest BCUT2D eigenvalue weighted by Gasteiger charge is 2.51. The zero-order valence-corrected chi connectivity index (χ0v) is 23.9. The van der Waals surface area contributed by atoms with Crippen molar-refractivity contribution >= 4 is 40.8 Å². The van der Waals surface area contributed by atoms with Crippen LogP contribution in [-0.2, 0) is 9.53 Å². The molecule has 0 saturated carbocycles. The third-order valence-corrected chi connectivity index (χ3v) is 7.95. The quantitative estimate of drug-likeness (QED) is 0.297. The molecule has 4 rings (SSSR count). The molecule has 0 bridgehead atoms. The van der Waals surface area contributed by atoms with Gasteiger partial charge in [0.05, 0.1) is 28.8 Å². The van der Waals surface area contributed by atoms with Crippen molar-refractivity contribution in [3.63, 3.8) is 0 Å². The number of aromatic hydroxyl groups is 1. The van der Waals surface area contributed by atoms with Crippen molar-refractivity contribution in [2.24, 2.45) is 16.3 Å². The highest BCUT2D eigenvalue weighted by Crippen LogP contribution is 2.47. The molecule has 0 radical (unpaired) electrons. The molecule has 0 fully saturated rings. The molecule has 2 aromatic rings. The van der Waals surface area contributed by atoms with Crippen LogP contribution in [0.1, 0.15) is 80.9 Å². The lowest BCUT2D eigenvalue weighted by Crippen LogP contribution is -2.50. The molecule has 2 aromatic carbocycles. The smallest absolute Gasteiger partial charge is 0.337 e. The molecule has 38 heavy (non-hydrogen) atoms. The van der Waals surface area contributed by atoms with E-state index < -0.39 is 11.6 Å². The molecular formula is C30H34Cl2N2O4. The van der Waals surface area contributed by atoms with E-state index in [2.05, 4.69) is 39.8 Å². The number of halogens is 2. The number of amides is 1. The summed E-state index contributed by atoms with van der Waals surface area (Å²) in [6.07, 6.45) is 7.02. The van der Waals surface area contributed by atoms with Gasteiger partial charge in [0.15, 0.2) is 5.75 Å². The first kappa shape index (κ1) is 28.2. The van der Waals surface area contributed by atoms with Crippen LogP contribution in [0.4, 0.5) is 0 Å². The number of benzene rings is 2. The Morgan fingerprint density at radius 3 is 2.50 bits per heavy atom. The maximum absolute atomic E-state index is 14.3. The van der Waals surface area contributed by atoms with Crippen molar-refractivity contribution in [1.29, 1.82) is 0 Å². The third-order valence-electron chi connectivity index (χ3n) is 7.27. The third kappa shape index (κ3) is 5.48. The standard InChI is InChI=1S/C30H34Cl2N2O4/c1-18-7-6-15-30(17-18)33-25(21-12-13-22(31)26(35)24(21)32)27(36)34(30)23(14-16-29(2,3)4)19-8-10-20(11-9-19)28(37)38-5/h6-13,18,23,35H,14-17H2,1-5H3/t18?,23-,30?/m1/s1. The number of carbonyl (C=O) groups is 2. The van der Waals surface area contributed by atoms with Gasteiger partial charge in [0.2, 0.25) is 0 Å². The van der Waals surface area contributed by atoms with Crippen molar-refractivity contribution in [2.75, 3.05) is 7.11 Å². The van der Waals surface area contributed by atoms with Gasteiger partial charge in [0.25, 0.3) is 5.91 Å². The number of esters is 1. The van der Waals surface area contributed by atoms with Gasteiger partial charge in [-0.15, -0.1) is 0 Å². The van der Waals surface area contributed by atoms with Crippen LogP contribution in [0.25, 0.3) is 0 Å². The lowest BCUT2D eigenvalue weighted by molar-refractivity contribution is -0.132. The van der Waals surface area contributed by atoms with E-state index in [9.17, 15) is 14.7 Å². The number of rotatable bonds is 6. The highest BCUT2D eigenvalue weighted by atomic mass is 35.5. The zero-order chi connectivity index (χ0) is 27.8. The Labute approximate surface area is 234 Å². The Hall–Kier alpha value is -2.83. The van der Waals surface area contributed by atoms with Crippen LogP contribution in [0, 0.1) is 11.3 Å². The first-order chi connectivity index (χ1) is 17.9. The predicted molar refractivity (Wildman–Crippen MR) is 151 cm³/mol. The maximum Gasteiger partial charge on any atom is 0.337 e. The summed E-state index contributed by atoms with van der Waals surface area (Å²) in [7, 11) is 1.35. The monoisotopic (exact) mass is 556 g/mol. The number of ether oxygens (including phenoxy) is 1. The van der Waals surface area contributed by atoms with E-state index in [1.54, 1.807) is 18.2 Å². The Bertz CT molecular complexity index is 1300. The first-order valence-electron chi connectivity index (χ1n) is 12.8. The summed E-state index contributed by atoms with van der Waals surface area (Å²) in [5.74, 6) is -0.715. The highest BCUT2D eigenvalue weighted by molar-refractivity contribution is 6.51. The molecule has 202 valence electrons. The van der Waals surface area contributed by atoms with E-state index in [0.717, 1.165) is 12.0 Å². The molecule has 1 amide bonds. The topological polar surface area (TPSA) is 79.2 Å². The average molecular weight is 558 g/mol. The number of nitrogens with zero attached hydrogens (tertiary/aromatic N) is 2. The van der Waals surface area contributed by atoms with E-state index in [0.29, 0.717) is 30.4 Å². The second-order valence-electron chi connectivity index (χ2n) is 11.4. The second kappa shape index (κ2) is 10.7. The SMILES string of the molecule is COC(=O)c1ccc([C@@H](CCC(C)(C)C)N2C(=O)C(c3ccc(Cl)c(O)c3Cl)=NC23CC=CC(C)C3)cc1. The number of methoxy groups -OCH3 is 1. The van der Waals surface area contributed by atoms with Crippen molar-refractivity contribution < 1.29 is 19.4 Å². The number of phenolic OH excluding ortho intramolecular Hbond substituents is 1. The zero-order valence-electron chi connectivity index (χ0n) is 22.4. The van der Waals surface area contributed by atoms with E-state index >= 15 is 0 Å². The molecule has 8 heteroatoms. The lowest BCUT2D eigenvalue weighted by atomic mass is 9.82. The van der Waals surface area contributed by atoms with Crippen molar-refractivity contribution in [2.45, 2.75) is 65.1 Å². The van der Waals surface area contributed by atoms with Gasteiger partial charge in [-0.2, -0.15) is 0 Å². The van der Waals surface area contributed by atoms with Crippen LogP contribution in [0.3, 0.4) is 0 Å². The van der Waals surface area contributed by atoms with E-state index in [-0.39, 0.29) is 44.8 Å². The van der Waals surface area contributed by atoms with E-state index in [1.165, 1.54) is 13.2 Å². The summed E-state index contributed by atoms with van der Waals surface area (Å²) in [6, 6.07) is 10.1. The number of carbonyl (C=O) groups excluding carboxylic acids is 2. The van der Waals surface area contributed by atoms with Crippen molar-refractivity contribution in [3.05, 3.63) is 75.3 Å². The maximum atomic E-state index is 14.3. The van der Waals surface area contributed by atoms with Crippen LogP contribution in [0.15, 0.2) is 53.5 Å². The minimum absolute atomic E-state index is 0.00896. The molecule has 0 aromatic heterocycles. The fraction of sp³-hybridized carbons (Fsp3) is 0.433. The Balaban J connectivity index is 1.85. The molecule has 2 aliphatic rings. The van der Waals surface area contributed by atoms with Gasteiger partial charge < -0.3 is 14.7 Å². The van der Waals surface area contributed by atoms with Crippen LogP contribution < -0.4 is 0 Å². The minimum Gasteiger partial charge on any atom is -0.505 e. The van der Waals surface area contributed by atoms with Crippen molar-refractivity contribution in [3.8, 4) is 5.75 Å². The van der Waals surface area contributed by atoms with E-state index in [1.807, 2.05) is 17.0 Å². The Kier molecular flexibility index (Phi) is 7.96. The molecule has 1 aliphatic heterocycles. The largest absolute Gasteiger partial charge is 0.505 e. The van der Waals surface area contributed by atoms with Gasteiger partial charge in [-0.05, 0) is 60.4 Å². The normalized spacial score (nSPS) is 22.1. The number of phenols is 1. The van der Waals surface area contributed by atoms with Crippen LogP contribution >= 0.6 is 23.2 Å². The van der Waals surface area contributed by atoms with Gasteiger partial charge in [0, 0.05) is 12.0 Å². The number of hydrogen-bond donors (Lipinski definition) is 1. The average Bonchev–Trinajstić information content (AvgIpc) is 3.13. The van der Waals surface area contributed by atoms with Crippen LogP contribution in [0.2, 0.25) is 10.0 Å². The van der Waals surface area contributed by atoms with Crippen LogP contribution in [-0.4, -0.2) is 40.4 Å². The Morgan fingerprint density at radius 2 is 1.89 bits per heavy atom. The molecule has 1 heterocycles.